The maximum Gasteiger partial charge on any atom is 0.310 e. The molecule has 1 saturated heterocycles. The fourth-order valence-electron chi connectivity index (χ4n) is 5.10. The van der Waals surface area contributed by atoms with Crippen LogP contribution >= 0.6 is 0 Å². The summed E-state index contributed by atoms with van der Waals surface area (Å²) in [5.74, 6) is -0.637. The quantitative estimate of drug-likeness (QED) is 0.0555. The topological polar surface area (TPSA) is 83.5 Å². The molecule has 1 aliphatic heterocycles. The summed E-state index contributed by atoms with van der Waals surface area (Å²) in [6.45, 7) is 8.36. The van der Waals surface area contributed by atoms with Gasteiger partial charge in [0.1, 0.15) is 0 Å². The van der Waals surface area contributed by atoms with Crippen molar-refractivity contribution in [1.82, 2.24) is 4.90 Å². The largest absolute Gasteiger partial charge is 0.465 e. The molecule has 2 atom stereocenters. The number of carbonyl (C=O) groups excluding carboxylic acids is 2. The second-order valence-electron chi connectivity index (χ2n) is 11.8. The molecule has 0 aromatic heterocycles. The highest BCUT2D eigenvalue weighted by atomic mass is 16.7. The van der Waals surface area contributed by atoms with E-state index in [2.05, 4.69) is 18.7 Å². The Hall–Kier alpha value is -1.22. The average molecular weight is 586 g/mol. The van der Waals surface area contributed by atoms with Crippen LogP contribution in [0.1, 0.15) is 123 Å². The molecule has 1 rings (SSSR count). The molecule has 242 valence electrons. The lowest BCUT2D eigenvalue weighted by molar-refractivity contribution is -0.153. The van der Waals surface area contributed by atoms with E-state index in [0.29, 0.717) is 13.0 Å². The molecule has 0 spiro atoms. The van der Waals surface area contributed by atoms with Gasteiger partial charge in [0.05, 0.1) is 31.7 Å². The van der Waals surface area contributed by atoms with Crippen LogP contribution < -0.4 is 0 Å². The molecule has 0 aliphatic carbocycles. The van der Waals surface area contributed by atoms with Gasteiger partial charge in [0.25, 0.3) is 0 Å². The Balaban J connectivity index is 2.27. The molecule has 0 bridgehead atoms. The van der Waals surface area contributed by atoms with Crippen molar-refractivity contribution < 1.29 is 33.3 Å². The van der Waals surface area contributed by atoms with E-state index in [1.165, 1.54) is 64.2 Å². The van der Waals surface area contributed by atoms with Gasteiger partial charge >= 0.3 is 11.9 Å². The predicted molar refractivity (Wildman–Crippen MR) is 164 cm³/mol. The lowest BCUT2D eigenvalue weighted by atomic mass is 10.1. The molecule has 1 heterocycles. The highest BCUT2D eigenvalue weighted by Crippen LogP contribution is 2.17. The molecule has 0 N–H and O–H groups in total. The number of unbranched alkanes of at least 4 members (excludes halogenated alkanes) is 11. The summed E-state index contributed by atoms with van der Waals surface area (Å²) < 4.78 is 28.5. The first-order valence-corrected chi connectivity index (χ1v) is 16.7. The van der Waals surface area contributed by atoms with E-state index in [0.717, 1.165) is 64.8 Å². The number of hydrogen-bond acceptors (Lipinski definition) is 8. The first-order valence-electron chi connectivity index (χ1n) is 16.7. The number of ether oxygens (including phenoxy) is 5. The second-order valence-corrected chi connectivity index (χ2v) is 11.8. The standard InChI is InChI=1S/C33H63NO7/c1-5-7-9-11-13-17-23-38-32(39-24-18-14-12-10-8-6-2)20-16-15-19-31(35)40-27-29(26-37-4)28-41-33(36)30-21-22-34(3)25-30/h29-30,32H,5-28H2,1-4H3. The summed E-state index contributed by atoms with van der Waals surface area (Å²) in [5, 5.41) is 0. The molecule has 1 fully saturated rings. The van der Waals surface area contributed by atoms with Crippen molar-refractivity contribution in [1.29, 1.82) is 0 Å². The third-order valence-electron chi connectivity index (χ3n) is 7.74. The summed E-state index contributed by atoms with van der Waals surface area (Å²) >= 11 is 0. The van der Waals surface area contributed by atoms with Crippen molar-refractivity contribution in [2.45, 2.75) is 129 Å². The Morgan fingerprint density at radius 2 is 1.34 bits per heavy atom. The fraction of sp³-hybridized carbons (Fsp3) is 0.939. The summed E-state index contributed by atoms with van der Waals surface area (Å²) in [4.78, 5) is 26.8. The molecule has 0 amide bonds. The van der Waals surface area contributed by atoms with Gasteiger partial charge in [-0.3, -0.25) is 9.59 Å². The molecule has 0 saturated carbocycles. The Labute approximate surface area is 251 Å². The zero-order chi connectivity index (χ0) is 30.0. The van der Waals surface area contributed by atoms with Crippen molar-refractivity contribution in [3.05, 3.63) is 0 Å². The average Bonchev–Trinajstić information content (AvgIpc) is 3.41. The number of likely N-dealkylation sites (tertiary alicyclic amines) is 1. The SMILES string of the molecule is CCCCCCCCOC(CCCCC(=O)OCC(COC)COC(=O)C1CCN(C)C1)OCCCCCCCC. The Bertz CT molecular complexity index is 615. The van der Waals surface area contributed by atoms with E-state index in [-0.39, 0.29) is 43.3 Å². The molecule has 8 nitrogen and oxygen atoms in total. The van der Waals surface area contributed by atoms with E-state index in [4.69, 9.17) is 23.7 Å². The molecule has 2 unspecified atom stereocenters. The molecular formula is C33H63NO7. The van der Waals surface area contributed by atoms with Crippen molar-refractivity contribution in [2.24, 2.45) is 11.8 Å². The van der Waals surface area contributed by atoms with Crippen molar-refractivity contribution in [3.63, 3.8) is 0 Å². The van der Waals surface area contributed by atoms with Gasteiger partial charge < -0.3 is 28.6 Å². The second kappa shape index (κ2) is 26.4. The van der Waals surface area contributed by atoms with Crippen LogP contribution in [0.5, 0.6) is 0 Å². The minimum atomic E-state index is -0.229. The van der Waals surface area contributed by atoms with Gasteiger partial charge in [0.15, 0.2) is 6.29 Å². The zero-order valence-electron chi connectivity index (χ0n) is 27.0. The molecule has 41 heavy (non-hydrogen) atoms. The first kappa shape index (κ1) is 37.8. The zero-order valence-corrected chi connectivity index (χ0v) is 27.0. The van der Waals surface area contributed by atoms with Crippen LogP contribution in [0.25, 0.3) is 0 Å². The fourth-order valence-corrected chi connectivity index (χ4v) is 5.10. The van der Waals surface area contributed by atoms with Crippen LogP contribution in [-0.2, 0) is 33.3 Å². The van der Waals surface area contributed by atoms with Crippen LogP contribution in [0.4, 0.5) is 0 Å². The van der Waals surface area contributed by atoms with Crippen molar-refractivity contribution >= 4 is 11.9 Å². The third-order valence-corrected chi connectivity index (χ3v) is 7.74. The third kappa shape index (κ3) is 21.2. The van der Waals surface area contributed by atoms with Crippen LogP contribution in [0.2, 0.25) is 0 Å². The van der Waals surface area contributed by atoms with Gasteiger partial charge in [0, 0.05) is 33.3 Å². The van der Waals surface area contributed by atoms with E-state index >= 15 is 0 Å². The van der Waals surface area contributed by atoms with Gasteiger partial charge in [0.2, 0.25) is 0 Å². The number of esters is 2. The van der Waals surface area contributed by atoms with Gasteiger partial charge in [-0.1, -0.05) is 78.1 Å². The predicted octanol–water partition coefficient (Wildman–Crippen LogP) is 6.93. The molecular weight excluding hydrogens is 522 g/mol. The van der Waals surface area contributed by atoms with Crippen LogP contribution in [0.3, 0.4) is 0 Å². The molecule has 8 heteroatoms. The lowest BCUT2D eigenvalue weighted by Crippen LogP contribution is -2.28. The number of rotatable bonds is 28. The van der Waals surface area contributed by atoms with Gasteiger partial charge in [-0.15, -0.1) is 0 Å². The molecule has 1 aliphatic rings. The number of hydrogen-bond donors (Lipinski definition) is 0. The van der Waals surface area contributed by atoms with Crippen LogP contribution in [0.15, 0.2) is 0 Å². The number of carbonyl (C=O) groups is 2. The maximum absolute atomic E-state index is 12.4. The summed E-state index contributed by atoms with van der Waals surface area (Å²) in [6.07, 6.45) is 18.2. The lowest BCUT2D eigenvalue weighted by Gasteiger charge is -2.19. The monoisotopic (exact) mass is 585 g/mol. The highest BCUT2D eigenvalue weighted by molar-refractivity contribution is 5.73. The summed E-state index contributed by atoms with van der Waals surface area (Å²) in [6, 6.07) is 0. The normalized spacial score (nSPS) is 16.4. The van der Waals surface area contributed by atoms with Crippen LogP contribution in [0, 0.1) is 11.8 Å². The van der Waals surface area contributed by atoms with E-state index in [1.807, 2.05) is 7.05 Å². The summed E-state index contributed by atoms with van der Waals surface area (Å²) in [5.41, 5.74) is 0. The Kier molecular flexibility index (Phi) is 24.4. The molecule has 0 aromatic rings. The van der Waals surface area contributed by atoms with Crippen molar-refractivity contribution in [3.8, 4) is 0 Å². The van der Waals surface area contributed by atoms with E-state index in [1.54, 1.807) is 7.11 Å². The first-order chi connectivity index (χ1) is 20.0. The minimum Gasteiger partial charge on any atom is -0.465 e. The maximum atomic E-state index is 12.4. The number of nitrogens with zero attached hydrogens (tertiary/aromatic N) is 1. The van der Waals surface area contributed by atoms with Gasteiger partial charge in [-0.25, -0.2) is 0 Å². The van der Waals surface area contributed by atoms with E-state index < -0.39 is 0 Å². The smallest absolute Gasteiger partial charge is 0.310 e. The summed E-state index contributed by atoms with van der Waals surface area (Å²) in [7, 11) is 3.61. The molecule has 0 radical (unpaired) electrons. The number of methoxy groups -OCH3 is 1. The van der Waals surface area contributed by atoms with Crippen LogP contribution in [-0.4, -0.2) is 83.4 Å². The Morgan fingerprint density at radius 3 is 1.90 bits per heavy atom. The van der Waals surface area contributed by atoms with Gasteiger partial charge in [-0.2, -0.15) is 0 Å². The molecule has 0 aromatic carbocycles. The van der Waals surface area contributed by atoms with Crippen molar-refractivity contribution in [2.75, 3.05) is 60.3 Å². The van der Waals surface area contributed by atoms with Gasteiger partial charge in [-0.05, 0) is 52.1 Å². The van der Waals surface area contributed by atoms with E-state index in [9.17, 15) is 9.59 Å². The minimum absolute atomic E-state index is 0.0703. The Morgan fingerprint density at radius 1 is 0.756 bits per heavy atom. The highest BCUT2D eigenvalue weighted by Gasteiger charge is 2.28.